The standard InChI is InChI=1S/C4H3N2O/c7-3-4-5-1-2-6-4/h1-3H. The van der Waals surface area contributed by atoms with Gasteiger partial charge in [0.25, 0.3) is 6.17 Å². The fraction of sp³-hybridized carbons (Fsp3) is 0. The van der Waals surface area contributed by atoms with E-state index in [-0.39, 0.29) is 6.17 Å². The Morgan fingerprint density at radius 1 is 1.43 bits per heavy atom. The van der Waals surface area contributed by atoms with Gasteiger partial charge in [-0.1, -0.05) is 0 Å². The van der Waals surface area contributed by atoms with Crippen LogP contribution in [0.1, 0.15) is 0 Å². The molecular weight excluding hydrogens is 92.1 g/mol. The molecule has 0 aliphatic carbocycles. The number of rotatable bonds is 1. The van der Waals surface area contributed by atoms with Crippen LogP contribution in [-0.4, -0.2) is 18.7 Å². The number of nitrogens with zero attached hydrogens (tertiary/aromatic N) is 2. The first-order valence-electron chi connectivity index (χ1n) is 1.82. The lowest BCUT2D eigenvalue weighted by atomic mass is 10.6. The van der Waals surface area contributed by atoms with Gasteiger partial charge in [0, 0.05) is 12.4 Å². The van der Waals surface area contributed by atoms with Crippen LogP contribution in [0.2, 0.25) is 0 Å². The van der Waals surface area contributed by atoms with Gasteiger partial charge in [-0.2, -0.15) is 0 Å². The van der Waals surface area contributed by atoms with Crippen LogP contribution < -0.4 is 0 Å². The summed E-state index contributed by atoms with van der Waals surface area (Å²) in [7, 11) is 0. The summed E-state index contributed by atoms with van der Waals surface area (Å²) in [6.45, 7) is 0. The Balaban J connectivity index is 2.59. The maximum atomic E-state index is 9.74. The van der Waals surface area contributed by atoms with E-state index in [1.54, 1.807) is 0 Å². The Labute approximate surface area is 40.8 Å². The van der Waals surface area contributed by atoms with Crippen molar-refractivity contribution >= 4 is 18.7 Å². The maximum absolute atomic E-state index is 9.74. The molecule has 0 N–H and O–H groups in total. The summed E-state index contributed by atoms with van der Waals surface area (Å²) in [6, 6.07) is 0. The number of hydrogen-bond acceptors (Lipinski definition) is 3. The van der Waals surface area contributed by atoms with E-state index in [4.69, 9.17) is 0 Å². The van der Waals surface area contributed by atoms with Gasteiger partial charge in [-0.25, -0.2) is 9.98 Å². The molecule has 0 amide bonds. The van der Waals surface area contributed by atoms with Crippen LogP contribution in [0.5, 0.6) is 0 Å². The molecule has 1 aliphatic heterocycles. The minimum atomic E-state index is 0.250. The van der Waals surface area contributed by atoms with E-state index in [0.29, 0.717) is 6.29 Å². The summed E-state index contributed by atoms with van der Waals surface area (Å²) in [5, 5.41) is 0. The van der Waals surface area contributed by atoms with Gasteiger partial charge < -0.3 is 0 Å². The second-order valence-electron chi connectivity index (χ2n) is 1.03. The molecule has 0 saturated heterocycles. The molecule has 1 heterocycles. The maximum Gasteiger partial charge on any atom is 0.258 e. The van der Waals surface area contributed by atoms with Crippen molar-refractivity contribution in [3.05, 3.63) is 6.17 Å². The predicted molar refractivity (Wildman–Crippen MR) is 26.3 cm³/mol. The van der Waals surface area contributed by atoms with Crippen LogP contribution in [0.15, 0.2) is 9.98 Å². The van der Waals surface area contributed by atoms with Crippen LogP contribution >= 0.6 is 0 Å². The first-order valence-corrected chi connectivity index (χ1v) is 1.82. The number of hydrogen-bond donors (Lipinski definition) is 0. The predicted octanol–water partition coefficient (Wildman–Crippen LogP) is -0.170. The zero-order valence-electron chi connectivity index (χ0n) is 3.53. The van der Waals surface area contributed by atoms with Crippen molar-refractivity contribution in [3.8, 4) is 0 Å². The van der Waals surface area contributed by atoms with E-state index in [1.807, 2.05) is 0 Å². The summed E-state index contributed by atoms with van der Waals surface area (Å²) in [6.07, 6.45) is 3.81. The summed E-state index contributed by atoms with van der Waals surface area (Å²) < 4.78 is 0. The molecule has 0 saturated carbocycles. The molecule has 0 aromatic rings. The monoisotopic (exact) mass is 95.0 g/mol. The molecule has 0 aromatic carbocycles. The Bertz CT molecular complexity index is 116. The number of aldehydes is 1. The molecule has 0 bridgehead atoms. The van der Waals surface area contributed by atoms with E-state index < -0.39 is 0 Å². The largest absolute Gasteiger partial charge is 0.298 e. The first kappa shape index (κ1) is 4.18. The van der Waals surface area contributed by atoms with Crippen molar-refractivity contribution < 1.29 is 4.79 Å². The van der Waals surface area contributed by atoms with Crippen molar-refractivity contribution in [1.82, 2.24) is 0 Å². The zero-order valence-corrected chi connectivity index (χ0v) is 3.53. The minimum absolute atomic E-state index is 0.250. The van der Waals surface area contributed by atoms with Crippen LogP contribution in [0, 0.1) is 6.17 Å². The van der Waals surface area contributed by atoms with Crippen LogP contribution in [-0.2, 0) is 4.79 Å². The van der Waals surface area contributed by atoms with E-state index in [2.05, 4.69) is 9.98 Å². The lowest BCUT2D eigenvalue weighted by molar-refractivity contribution is -0.106. The highest BCUT2D eigenvalue weighted by molar-refractivity contribution is 6.19. The highest BCUT2D eigenvalue weighted by atomic mass is 16.1. The molecule has 7 heavy (non-hydrogen) atoms. The van der Waals surface area contributed by atoms with Crippen molar-refractivity contribution in [2.45, 2.75) is 0 Å². The Morgan fingerprint density at radius 2 is 2.00 bits per heavy atom. The normalized spacial score (nSPS) is 18.3. The summed E-state index contributed by atoms with van der Waals surface area (Å²) in [4.78, 5) is 16.9. The fourth-order valence-electron chi connectivity index (χ4n) is 0.314. The molecular formula is C4H3N2O. The quantitative estimate of drug-likeness (QED) is 0.417. The third kappa shape index (κ3) is 0.707. The van der Waals surface area contributed by atoms with Crippen LogP contribution in [0.4, 0.5) is 0 Å². The van der Waals surface area contributed by atoms with Crippen LogP contribution in [0.3, 0.4) is 0 Å². The van der Waals surface area contributed by atoms with E-state index in [1.165, 1.54) is 12.4 Å². The van der Waals surface area contributed by atoms with Crippen LogP contribution in [0.25, 0.3) is 0 Å². The Hall–Kier alpha value is -0.990. The van der Waals surface area contributed by atoms with Gasteiger partial charge in [-0.3, -0.25) is 4.79 Å². The molecule has 3 nitrogen and oxygen atoms in total. The Kier molecular flexibility index (Phi) is 0.978. The molecule has 0 fully saturated rings. The SMILES string of the molecule is O=C[C]1N=CC=N1. The summed E-state index contributed by atoms with van der Waals surface area (Å²) in [5.41, 5.74) is 0. The molecule has 35 valence electrons. The fourth-order valence-corrected chi connectivity index (χ4v) is 0.314. The summed E-state index contributed by atoms with van der Waals surface area (Å²) in [5.74, 6) is 0. The van der Waals surface area contributed by atoms with Gasteiger partial charge in [-0.15, -0.1) is 0 Å². The van der Waals surface area contributed by atoms with Crippen molar-refractivity contribution in [3.63, 3.8) is 0 Å². The van der Waals surface area contributed by atoms with Gasteiger partial charge in [0.15, 0.2) is 6.29 Å². The van der Waals surface area contributed by atoms with Crippen molar-refractivity contribution in [1.29, 1.82) is 0 Å². The number of carbonyl (C=O) groups is 1. The second-order valence-corrected chi connectivity index (χ2v) is 1.03. The average molecular weight is 95.1 g/mol. The number of carbonyl (C=O) groups excluding carboxylic acids is 1. The third-order valence-corrected chi connectivity index (χ3v) is 0.586. The zero-order chi connectivity index (χ0) is 5.11. The molecule has 1 radical (unpaired) electrons. The highest BCUT2D eigenvalue weighted by Crippen LogP contribution is 1.99. The molecule has 3 heteroatoms. The van der Waals surface area contributed by atoms with E-state index in [9.17, 15) is 4.79 Å². The molecule has 1 rings (SSSR count). The third-order valence-electron chi connectivity index (χ3n) is 0.586. The lowest BCUT2D eigenvalue weighted by Gasteiger charge is -1.80. The van der Waals surface area contributed by atoms with Gasteiger partial charge >= 0.3 is 0 Å². The van der Waals surface area contributed by atoms with Crippen molar-refractivity contribution in [2.75, 3.05) is 0 Å². The average Bonchev–Trinajstić information content (AvgIpc) is 2.14. The topological polar surface area (TPSA) is 41.8 Å². The van der Waals surface area contributed by atoms with Crippen molar-refractivity contribution in [2.24, 2.45) is 9.98 Å². The minimum Gasteiger partial charge on any atom is -0.298 e. The van der Waals surface area contributed by atoms with Gasteiger partial charge in [-0.05, 0) is 0 Å². The molecule has 1 aliphatic rings. The molecule has 0 aromatic heterocycles. The summed E-state index contributed by atoms with van der Waals surface area (Å²) >= 11 is 0. The molecule has 0 spiro atoms. The van der Waals surface area contributed by atoms with E-state index in [0.717, 1.165) is 0 Å². The second kappa shape index (κ2) is 1.64. The molecule has 0 unspecified atom stereocenters. The smallest absolute Gasteiger partial charge is 0.258 e. The van der Waals surface area contributed by atoms with Gasteiger partial charge in [0.1, 0.15) is 0 Å². The van der Waals surface area contributed by atoms with E-state index >= 15 is 0 Å². The first-order chi connectivity index (χ1) is 3.43. The number of aliphatic imine (C=N–C) groups is 2. The Morgan fingerprint density at radius 3 is 2.29 bits per heavy atom. The van der Waals surface area contributed by atoms with Gasteiger partial charge in [0.05, 0.1) is 0 Å². The van der Waals surface area contributed by atoms with Gasteiger partial charge in [0.2, 0.25) is 0 Å². The lowest BCUT2D eigenvalue weighted by Crippen LogP contribution is -1.82. The molecule has 0 atom stereocenters. The highest BCUT2D eigenvalue weighted by Gasteiger charge is 2.02.